The molecule has 0 radical (unpaired) electrons. The Kier molecular flexibility index (Phi) is 4.81. The summed E-state index contributed by atoms with van der Waals surface area (Å²) in [5, 5.41) is 0. The Hall–Kier alpha value is -2.14. The van der Waals surface area contributed by atoms with Gasteiger partial charge in [-0.15, -0.1) is 0 Å². The Morgan fingerprint density at radius 2 is 1.96 bits per heavy atom. The maximum atomic E-state index is 13.0. The van der Waals surface area contributed by atoms with E-state index in [0.29, 0.717) is 25.5 Å². The minimum atomic E-state index is 0.136. The molecule has 2 aliphatic rings. The van der Waals surface area contributed by atoms with E-state index in [2.05, 4.69) is 11.9 Å². The van der Waals surface area contributed by atoms with Gasteiger partial charge in [0.2, 0.25) is 11.8 Å². The minimum Gasteiger partial charge on any atom is -0.441 e. The molecule has 138 valence electrons. The van der Waals surface area contributed by atoms with Crippen molar-refractivity contribution in [1.29, 1.82) is 0 Å². The van der Waals surface area contributed by atoms with E-state index in [0.717, 1.165) is 29.9 Å². The molecular weight excluding hydrogens is 328 g/mol. The standard InChI is InChI=1S/C21H26N2O3/c1-14-7-9-16(10-8-14)21-22-17(15(2)26-21)13-20(24)23-11-12-25-19-6-4-3-5-18(19)23/h7-10,18-19H,3-6,11-13H2,1-2H3. The van der Waals surface area contributed by atoms with Crippen LogP contribution in [0.5, 0.6) is 0 Å². The van der Waals surface area contributed by atoms with Crippen LogP contribution in [0.1, 0.15) is 42.7 Å². The summed E-state index contributed by atoms with van der Waals surface area (Å²) in [5.74, 6) is 1.45. The molecule has 1 aliphatic heterocycles. The number of fused-ring (bicyclic) bond motifs is 1. The topological polar surface area (TPSA) is 55.6 Å². The molecule has 2 unspecified atom stereocenters. The molecule has 1 saturated heterocycles. The van der Waals surface area contributed by atoms with Crippen LogP contribution in [0.4, 0.5) is 0 Å². The monoisotopic (exact) mass is 354 g/mol. The highest BCUT2D eigenvalue weighted by Gasteiger charge is 2.36. The summed E-state index contributed by atoms with van der Waals surface area (Å²) in [6.45, 7) is 5.26. The SMILES string of the molecule is Cc1ccc(-c2nc(CC(=O)N3CCOC4CCCCC43)c(C)o2)cc1. The van der Waals surface area contributed by atoms with Crippen molar-refractivity contribution < 1.29 is 13.9 Å². The van der Waals surface area contributed by atoms with E-state index in [1.165, 1.54) is 18.4 Å². The van der Waals surface area contributed by atoms with Gasteiger partial charge in [-0.25, -0.2) is 4.98 Å². The number of amides is 1. The lowest BCUT2D eigenvalue weighted by molar-refractivity contribution is -0.148. The first kappa shape index (κ1) is 17.3. The van der Waals surface area contributed by atoms with E-state index < -0.39 is 0 Å². The first-order valence-electron chi connectivity index (χ1n) is 9.56. The Bertz CT molecular complexity index is 779. The number of nitrogens with zero attached hydrogens (tertiary/aromatic N) is 2. The number of hydrogen-bond donors (Lipinski definition) is 0. The highest BCUT2D eigenvalue weighted by atomic mass is 16.5. The summed E-state index contributed by atoms with van der Waals surface area (Å²) in [4.78, 5) is 19.6. The van der Waals surface area contributed by atoms with Crippen molar-refractivity contribution in [2.24, 2.45) is 0 Å². The van der Waals surface area contributed by atoms with Gasteiger partial charge < -0.3 is 14.1 Å². The van der Waals surface area contributed by atoms with Crippen LogP contribution in [0.2, 0.25) is 0 Å². The summed E-state index contributed by atoms with van der Waals surface area (Å²) in [6.07, 6.45) is 4.99. The fourth-order valence-corrected chi connectivity index (χ4v) is 4.06. The predicted octanol–water partition coefficient (Wildman–Crippen LogP) is 3.67. The summed E-state index contributed by atoms with van der Waals surface area (Å²) < 4.78 is 11.7. The van der Waals surface area contributed by atoms with E-state index in [-0.39, 0.29) is 18.1 Å². The zero-order chi connectivity index (χ0) is 18.1. The third-order valence-corrected chi connectivity index (χ3v) is 5.56. The van der Waals surface area contributed by atoms with Gasteiger partial charge in [-0.1, -0.05) is 30.5 Å². The van der Waals surface area contributed by atoms with Crippen LogP contribution in [-0.4, -0.2) is 41.1 Å². The van der Waals surface area contributed by atoms with Crippen LogP contribution in [0.3, 0.4) is 0 Å². The number of carbonyl (C=O) groups excluding carboxylic acids is 1. The minimum absolute atomic E-state index is 0.136. The molecular formula is C21H26N2O3. The summed E-state index contributed by atoms with van der Waals surface area (Å²) in [6, 6.07) is 8.31. The molecule has 2 fully saturated rings. The molecule has 4 rings (SSSR count). The molecule has 1 aromatic carbocycles. The fourth-order valence-electron chi connectivity index (χ4n) is 4.06. The highest BCUT2D eigenvalue weighted by Crippen LogP contribution is 2.29. The molecule has 0 bridgehead atoms. The number of oxazole rings is 1. The lowest BCUT2D eigenvalue weighted by Crippen LogP contribution is -2.55. The number of ether oxygens (including phenoxy) is 1. The van der Waals surface area contributed by atoms with Crippen molar-refractivity contribution in [3.63, 3.8) is 0 Å². The molecule has 1 aliphatic carbocycles. The smallest absolute Gasteiger partial charge is 0.229 e. The second-order valence-corrected chi connectivity index (χ2v) is 7.41. The molecule has 5 heteroatoms. The van der Waals surface area contributed by atoms with Crippen molar-refractivity contribution in [1.82, 2.24) is 9.88 Å². The molecule has 5 nitrogen and oxygen atoms in total. The summed E-state index contributed by atoms with van der Waals surface area (Å²) >= 11 is 0. The molecule has 0 N–H and O–H groups in total. The largest absolute Gasteiger partial charge is 0.441 e. The van der Waals surface area contributed by atoms with E-state index >= 15 is 0 Å². The number of morpholine rings is 1. The van der Waals surface area contributed by atoms with Crippen LogP contribution in [0, 0.1) is 13.8 Å². The number of hydrogen-bond acceptors (Lipinski definition) is 4. The van der Waals surface area contributed by atoms with Gasteiger partial charge in [0.1, 0.15) is 5.76 Å². The number of benzene rings is 1. The van der Waals surface area contributed by atoms with Gasteiger partial charge >= 0.3 is 0 Å². The number of aromatic nitrogens is 1. The zero-order valence-electron chi connectivity index (χ0n) is 15.5. The molecule has 1 amide bonds. The third-order valence-electron chi connectivity index (χ3n) is 5.56. The molecule has 0 spiro atoms. The summed E-state index contributed by atoms with van der Waals surface area (Å²) in [5.41, 5.74) is 2.88. The predicted molar refractivity (Wildman–Crippen MR) is 98.8 cm³/mol. The zero-order valence-corrected chi connectivity index (χ0v) is 15.5. The van der Waals surface area contributed by atoms with Crippen LogP contribution in [0.25, 0.3) is 11.5 Å². The van der Waals surface area contributed by atoms with Crippen LogP contribution in [-0.2, 0) is 16.0 Å². The van der Waals surface area contributed by atoms with E-state index in [1.54, 1.807) is 0 Å². The van der Waals surface area contributed by atoms with Crippen molar-refractivity contribution in [3.05, 3.63) is 41.3 Å². The molecule has 2 atom stereocenters. The molecule has 2 aromatic rings. The summed E-state index contributed by atoms with van der Waals surface area (Å²) in [7, 11) is 0. The van der Waals surface area contributed by atoms with Gasteiger partial charge in [0.15, 0.2) is 0 Å². The fraction of sp³-hybridized carbons (Fsp3) is 0.524. The molecule has 26 heavy (non-hydrogen) atoms. The second-order valence-electron chi connectivity index (χ2n) is 7.41. The van der Waals surface area contributed by atoms with Gasteiger partial charge in [-0.05, 0) is 38.8 Å². The van der Waals surface area contributed by atoms with Crippen LogP contribution >= 0.6 is 0 Å². The number of carbonyl (C=O) groups is 1. The molecule has 1 aromatic heterocycles. The Balaban J connectivity index is 1.50. The maximum absolute atomic E-state index is 13.0. The van der Waals surface area contributed by atoms with Crippen molar-refractivity contribution in [2.45, 2.75) is 58.1 Å². The van der Waals surface area contributed by atoms with Gasteiger partial charge in [0.05, 0.1) is 30.9 Å². The lowest BCUT2D eigenvalue weighted by Gasteiger charge is -2.43. The third kappa shape index (κ3) is 3.40. The number of aryl methyl sites for hydroxylation is 2. The van der Waals surface area contributed by atoms with Crippen molar-refractivity contribution in [2.75, 3.05) is 13.2 Å². The first-order chi connectivity index (χ1) is 12.6. The van der Waals surface area contributed by atoms with Crippen molar-refractivity contribution >= 4 is 5.91 Å². The molecule has 2 heterocycles. The highest BCUT2D eigenvalue weighted by molar-refractivity contribution is 5.79. The Labute approximate surface area is 154 Å². The quantitative estimate of drug-likeness (QED) is 0.844. The Morgan fingerprint density at radius 1 is 1.19 bits per heavy atom. The maximum Gasteiger partial charge on any atom is 0.229 e. The average Bonchev–Trinajstić information content (AvgIpc) is 3.02. The first-order valence-corrected chi connectivity index (χ1v) is 9.56. The normalized spacial score (nSPS) is 22.9. The van der Waals surface area contributed by atoms with E-state index in [9.17, 15) is 4.79 Å². The molecule has 1 saturated carbocycles. The lowest BCUT2D eigenvalue weighted by atomic mass is 9.90. The van der Waals surface area contributed by atoms with Crippen LogP contribution in [0.15, 0.2) is 28.7 Å². The van der Waals surface area contributed by atoms with E-state index in [4.69, 9.17) is 9.15 Å². The van der Waals surface area contributed by atoms with Gasteiger partial charge in [0, 0.05) is 12.1 Å². The van der Waals surface area contributed by atoms with Crippen LogP contribution < -0.4 is 0 Å². The van der Waals surface area contributed by atoms with Gasteiger partial charge in [-0.3, -0.25) is 4.79 Å². The van der Waals surface area contributed by atoms with Gasteiger partial charge in [0.25, 0.3) is 0 Å². The van der Waals surface area contributed by atoms with Crippen molar-refractivity contribution in [3.8, 4) is 11.5 Å². The second kappa shape index (κ2) is 7.23. The number of rotatable bonds is 3. The van der Waals surface area contributed by atoms with Gasteiger partial charge in [-0.2, -0.15) is 0 Å². The van der Waals surface area contributed by atoms with E-state index in [1.807, 2.05) is 36.1 Å². The Morgan fingerprint density at radius 3 is 2.77 bits per heavy atom. The average molecular weight is 354 g/mol.